The lowest BCUT2D eigenvalue weighted by molar-refractivity contribution is -0.385. The summed E-state index contributed by atoms with van der Waals surface area (Å²) in [6, 6.07) is 7.67. The molecule has 1 N–H and O–H groups in total. The van der Waals surface area contributed by atoms with Crippen LogP contribution in [0.3, 0.4) is 0 Å². The fourth-order valence-corrected chi connectivity index (χ4v) is 1.93. The predicted octanol–water partition coefficient (Wildman–Crippen LogP) is 2.97. The van der Waals surface area contributed by atoms with Gasteiger partial charge in [0, 0.05) is 12.3 Å². The van der Waals surface area contributed by atoms with Gasteiger partial charge in [0.1, 0.15) is 5.75 Å². The number of carbonyl (C=O) groups excluding carboxylic acids is 1. The van der Waals surface area contributed by atoms with E-state index in [1.165, 1.54) is 18.3 Å². The molecule has 1 amide bonds. The second-order valence-electron chi connectivity index (χ2n) is 4.34. The van der Waals surface area contributed by atoms with Crippen LogP contribution < -0.4 is 10.1 Å². The minimum Gasteiger partial charge on any atom is -0.483 e. The van der Waals surface area contributed by atoms with Crippen LogP contribution in [0.2, 0.25) is 5.15 Å². The zero-order chi connectivity index (χ0) is 16.1. The lowest BCUT2D eigenvalue weighted by Crippen LogP contribution is -2.20. The SMILES string of the molecule is Cc1c(OCC(=O)Nc2cccnc2Cl)cccc1[N+](=O)[O-]. The lowest BCUT2D eigenvalue weighted by atomic mass is 10.2. The van der Waals surface area contributed by atoms with Gasteiger partial charge in [-0.3, -0.25) is 14.9 Å². The first-order chi connectivity index (χ1) is 10.5. The number of halogens is 1. The van der Waals surface area contributed by atoms with Crippen molar-refractivity contribution in [3.8, 4) is 5.75 Å². The zero-order valence-electron chi connectivity index (χ0n) is 11.6. The van der Waals surface area contributed by atoms with Crippen molar-refractivity contribution in [1.29, 1.82) is 0 Å². The van der Waals surface area contributed by atoms with E-state index in [1.54, 1.807) is 25.1 Å². The molecule has 8 heteroatoms. The van der Waals surface area contributed by atoms with E-state index in [0.29, 0.717) is 11.3 Å². The summed E-state index contributed by atoms with van der Waals surface area (Å²) < 4.78 is 5.32. The third kappa shape index (κ3) is 3.70. The molecule has 0 aliphatic heterocycles. The van der Waals surface area contributed by atoms with Gasteiger partial charge >= 0.3 is 0 Å². The number of anilines is 1. The van der Waals surface area contributed by atoms with Gasteiger partial charge < -0.3 is 10.1 Å². The molecule has 0 fully saturated rings. The highest BCUT2D eigenvalue weighted by Crippen LogP contribution is 2.27. The molecule has 0 radical (unpaired) electrons. The number of nitro groups is 1. The molecule has 0 saturated carbocycles. The van der Waals surface area contributed by atoms with Crippen molar-refractivity contribution in [2.75, 3.05) is 11.9 Å². The Balaban J connectivity index is 2.02. The quantitative estimate of drug-likeness (QED) is 0.519. The van der Waals surface area contributed by atoms with Crippen molar-refractivity contribution in [3.63, 3.8) is 0 Å². The van der Waals surface area contributed by atoms with E-state index in [9.17, 15) is 14.9 Å². The molecule has 0 spiro atoms. The molecule has 2 rings (SSSR count). The van der Waals surface area contributed by atoms with Gasteiger partial charge in [-0.2, -0.15) is 0 Å². The first-order valence-corrected chi connectivity index (χ1v) is 6.64. The van der Waals surface area contributed by atoms with E-state index in [0.717, 1.165) is 0 Å². The van der Waals surface area contributed by atoms with Crippen LogP contribution in [0, 0.1) is 17.0 Å². The van der Waals surface area contributed by atoms with Gasteiger partial charge in [-0.1, -0.05) is 17.7 Å². The molecule has 1 aromatic heterocycles. The maximum atomic E-state index is 11.8. The number of aromatic nitrogens is 1. The summed E-state index contributed by atoms with van der Waals surface area (Å²) in [6.07, 6.45) is 1.50. The highest BCUT2D eigenvalue weighted by molar-refractivity contribution is 6.32. The Bertz CT molecular complexity index is 721. The molecular weight excluding hydrogens is 310 g/mol. The number of benzene rings is 1. The van der Waals surface area contributed by atoms with Crippen LogP contribution in [0.1, 0.15) is 5.56 Å². The van der Waals surface area contributed by atoms with Gasteiger partial charge in [0.05, 0.1) is 16.2 Å². The maximum Gasteiger partial charge on any atom is 0.276 e. The Morgan fingerprint density at radius 2 is 2.18 bits per heavy atom. The summed E-state index contributed by atoms with van der Waals surface area (Å²) in [7, 11) is 0. The molecular formula is C14H12ClN3O4. The number of rotatable bonds is 5. The minimum atomic E-state index is -0.502. The van der Waals surface area contributed by atoms with Crippen molar-refractivity contribution in [1.82, 2.24) is 4.98 Å². The maximum absolute atomic E-state index is 11.8. The largest absolute Gasteiger partial charge is 0.483 e. The van der Waals surface area contributed by atoms with Crippen LogP contribution in [0.5, 0.6) is 5.75 Å². The van der Waals surface area contributed by atoms with Gasteiger partial charge in [-0.15, -0.1) is 0 Å². The van der Waals surface area contributed by atoms with Gasteiger partial charge in [-0.05, 0) is 25.1 Å². The number of carbonyl (C=O) groups is 1. The number of amides is 1. The number of nitrogens with zero attached hydrogens (tertiary/aromatic N) is 2. The number of pyridine rings is 1. The molecule has 0 aliphatic carbocycles. The van der Waals surface area contributed by atoms with Gasteiger partial charge in [0.25, 0.3) is 11.6 Å². The standard InChI is InChI=1S/C14H12ClN3O4/c1-9-11(18(20)21)5-2-6-12(9)22-8-13(19)17-10-4-3-7-16-14(10)15/h2-7H,8H2,1H3,(H,17,19). The average molecular weight is 322 g/mol. The second-order valence-corrected chi connectivity index (χ2v) is 4.69. The Hall–Kier alpha value is -2.67. The van der Waals surface area contributed by atoms with Crippen molar-refractivity contribution >= 4 is 28.9 Å². The summed E-state index contributed by atoms with van der Waals surface area (Å²) in [5.41, 5.74) is 0.668. The van der Waals surface area contributed by atoms with E-state index in [-0.39, 0.29) is 23.2 Å². The summed E-state index contributed by atoms with van der Waals surface area (Å²) in [6.45, 7) is 1.26. The number of hydrogen-bond acceptors (Lipinski definition) is 5. The third-order valence-electron chi connectivity index (χ3n) is 2.84. The van der Waals surface area contributed by atoms with Crippen molar-refractivity contribution in [3.05, 3.63) is 57.4 Å². The number of nitrogens with one attached hydrogen (secondary N) is 1. The highest BCUT2D eigenvalue weighted by atomic mass is 35.5. The molecule has 0 atom stereocenters. The second kappa shape index (κ2) is 6.86. The van der Waals surface area contributed by atoms with E-state index in [4.69, 9.17) is 16.3 Å². The highest BCUT2D eigenvalue weighted by Gasteiger charge is 2.15. The topological polar surface area (TPSA) is 94.4 Å². The fraction of sp³-hybridized carbons (Fsp3) is 0.143. The number of ether oxygens (including phenoxy) is 1. The van der Waals surface area contributed by atoms with E-state index in [2.05, 4.69) is 10.3 Å². The third-order valence-corrected chi connectivity index (χ3v) is 3.15. The molecule has 1 heterocycles. The Morgan fingerprint density at radius 1 is 1.41 bits per heavy atom. The van der Waals surface area contributed by atoms with Crippen LogP contribution in [0.15, 0.2) is 36.5 Å². The fourth-order valence-electron chi connectivity index (χ4n) is 1.77. The molecule has 0 unspecified atom stereocenters. The molecule has 22 heavy (non-hydrogen) atoms. The normalized spacial score (nSPS) is 10.1. The van der Waals surface area contributed by atoms with Crippen LogP contribution >= 0.6 is 11.6 Å². The van der Waals surface area contributed by atoms with Crippen molar-refractivity contribution in [2.45, 2.75) is 6.92 Å². The van der Waals surface area contributed by atoms with E-state index < -0.39 is 10.8 Å². The summed E-state index contributed by atoms with van der Waals surface area (Å²) in [5.74, 6) is -0.164. The molecule has 0 saturated heterocycles. The molecule has 1 aromatic carbocycles. The van der Waals surface area contributed by atoms with Crippen molar-refractivity contribution in [2.24, 2.45) is 0 Å². The van der Waals surface area contributed by atoms with Crippen LogP contribution in [-0.4, -0.2) is 22.4 Å². The smallest absolute Gasteiger partial charge is 0.276 e. The predicted molar refractivity (Wildman–Crippen MR) is 81.2 cm³/mol. The minimum absolute atomic E-state index is 0.0618. The Kier molecular flexibility index (Phi) is 4.90. The first kappa shape index (κ1) is 15.7. The average Bonchev–Trinajstić information content (AvgIpc) is 2.48. The van der Waals surface area contributed by atoms with Crippen molar-refractivity contribution < 1.29 is 14.5 Å². The lowest BCUT2D eigenvalue weighted by Gasteiger charge is -2.10. The summed E-state index contributed by atoms with van der Waals surface area (Å²) >= 11 is 5.82. The molecule has 7 nitrogen and oxygen atoms in total. The molecule has 0 bridgehead atoms. The van der Waals surface area contributed by atoms with Gasteiger partial charge in [0.2, 0.25) is 0 Å². The number of nitro benzene ring substituents is 1. The van der Waals surface area contributed by atoms with E-state index >= 15 is 0 Å². The first-order valence-electron chi connectivity index (χ1n) is 6.26. The zero-order valence-corrected chi connectivity index (χ0v) is 12.3. The van der Waals surface area contributed by atoms with E-state index in [1.807, 2.05) is 0 Å². The van der Waals surface area contributed by atoms with Gasteiger partial charge in [-0.25, -0.2) is 4.98 Å². The monoisotopic (exact) mass is 321 g/mol. The Morgan fingerprint density at radius 3 is 2.86 bits per heavy atom. The van der Waals surface area contributed by atoms with Crippen LogP contribution in [0.25, 0.3) is 0 Å². The van der Waals surface area contributed by atoms with Crippen LogP contribution in [-0.2, 0) is 4.79 Å². The van der Waals surface area contributed by atoms with Gasteiger partial charge in [0.15, 0.2) is 11.8 Å². The molecule has 0 aliphatic rings. The summed E-state index contributed by atoms with van der Waals surface area (Å²) in [5, 5.41) is 13.6. The summed E-state index contributed by atoms with van der Waals surface area (Å²) in [4.78, 5) is 26.0. The number of hydrogen-bond donors (Lipinski definition) is 1. The molecule has 114 valence electrons. The van der Waals surface area contributed by atoms with Crippen LogP contribution in [0.4, 0.5) is 11.4 Å². The molecule has 2 aromatic rings. The Labute approximate surface area is 131 Å².